The van der Waals surface area contributed by atoms with Crippen LogP contribution < -0.4 is 4.72 Å². The van der Waals surface area contributed by atoms with Gasteiger partial charge >= 0.3 is 0 Å². The van der Waals surface area contributed by atoms with Crippen LogP contribution in [-0.2, 0) is 16.4 Å². The second-order valence-corrected chi connectivity index (χ2v) is 8.83. The first-order valence-corrected chi connectivity index (χ1v) is 10.3. The van der Waals surface area contributed by atoms with Gasteiger partial charge in [-0.2, -0.15) is 0 Å². The van der Waals surface area contributed by atoms with Gasteiger partial charge in [-0.25, -0.2) is 13.1 Å². The van der Waals surface area contributed by atoms with Gasteiger partial charge in [-0.3, -0.25) is 0 Å². The monoisotopic (exact) mass is 370 g/mol. The zero-order valence-corrected chi connectivity index (χ0v) is 16.8. The molecular weight excluding hydrogens is 344 g/mol. The summed E-state index contributed by atoms with van der Waals surface area (Å²) in [6.45, 7) is 9.57. The van der Waals surface area contributed by atoms with Crippen LogP contribution in [0.3, 0.4) is 0 Å². The Kier molecular flexibility index (Phi) is 4.95. The van der Waals surface area contributed by atoms with Crippen molar-refractivity contribution in [2.24, 2.45) is 0 Å². The molecule has 0 saturated heterocycles. The van der Waals surface area contributed by atoms with Gasteiger partial charge in [0.15, 0.2) is 0 Å². The molecule has 3 aromatic rings. The number of para-hydroxylation sites is 1. The number of benzene rings is 2. The first-order chi connectivity index (χ1) is 12.2. The highest BCUT2D eigenvalue weighted by atomic mass is 32.2. The van der Waals surface area contributed by atoms with Crippen molar-refractivity contribution >= 4 is 20.9 Å². The van der Waals surface area contributed by atoms with Crippen LogP contribution in [-0.4, -0.2) is 19.4 Å². The molecule has 2 N–H and O–H groups in total. The van der Waals surface area contributed by atoms with Crippen molar-refractivity contribution in [2.75, 3.05) is 0 Å². The summed E-state index contributed by atoms with van der Waals surface area (Å²) >= 11 is 0. The maximum Gasteiger partial charge on any atom is 0.241 e. The number of sulfonamides is 1. The van der Waals surface area contributed by atoms with Gasteiger partial charge in [0.05, 0.1) is 4.90 Å². The molecule has 1 aromatic heterocycles. The number of H-pyrrole nitrogens is 1. The third-order valence-corrected chi connectivity index (χ3v) is 6.99. The van der Waals surface area contributed by atoms with Gasteiger partial charge in [0.1, 0.15) is 0 Å². The molecule has 5 heteroatoms. The van der Waals surface area contributed by atoms with Gasteiger partial charge < -0.3 is 4.98 Å². The second-order valence-electron chi connectivity index (χ2n) is 7.18. The Morgan fingerprint density at radius 3 is 2.31 bits per heavy atom. The largest absolute Gasteiger partial charge is 0.361 e. The third-order valence-electron chi connectivity index (χ3n) is 5.12. The van der Waals surface area contributed by atoms with E-state index in [1.165, 1.54) is 0 Å². The van der Waals surface area contributed by atoms with E-state index in [0.717, 1.165) is 38.7 Å². The lowest BCUT2D eigenvalue weighted by Crippen LogP contribution is -2.35. The van der Waals surface area contributed by atoms with Crippen LogP contribution in [0.2, 0.25) is 0 Å². The Morgan fingerprint density at radius 1 is 1.04 bits per heavy atom. The van der Waals surface area contributed by atoms with Gasteiger partial charge in [-0.1, -0.05) is 24.3 Å². The predicted octanol–water partition coefficient (Wildman–Crippen LogP) is 4.31. The zero-order chi connectivity index (χ0) is 19.1. The minimum Gasteiger partial charge on any atom is -0.361 e. The van der Waals surface area contributed by atoms with Crippen LogP contribution in [0.5, 0.6) is 0 Å². The fourth-order valence-corrected chi connectivity index (χ4v) is 5.44. The summed E-state index contributed by atoms with van der Waals surface area (Å²) in [5.41, 5.74) is 5.82. The van der Waals surface area contributed by atoms with Crippen LogP contribution in [0, 0.1) is 27.7 Å². The predicted molar refractivity (Wildman–Crippen MR) is 107 cm³/mol. The van der Waals surface area contributed by atoms with Crippen LogP contribution in [0.25, 0.3) is 10.9 Å². The normalized spacial score (nSPS) is 13.3. The molecule has 0 amide bonds. The number of aromatic nitrogens is 1. The quantitative estimate of drug-likeness (QED) is 0.703. The molecule has 0 saturated carbocycles. The smallest absolute Gasteiger partial charge is 0.241 e. The minimum atomic E-state index is -3.58. The van der Waals surface area contributed by atoms with Crippen LogP contribution in [0.1, 0.15) is 34.7 Å². The van der Waals surface area contributed by atoms with Crippen molar-refractivity contribution in [2.45, 2.75) is 52.0 Å². The maximum atomic E-state index is 13.1. The van der Waals surface area contributed by atoms with Gasteiger partial charge in [0, 0.05) is 23.1 Å². The summed E-state index contributed by atoms with van der Waals surface area (Å²) in [4.78, 5) is 3.66. The Balaban J connectivity index is 1.88. The van der Waals surface area contributed by atoms with E-state index in [0.29, 0.717) is 11.3 Å². The number of hydrogen-bond acceptors (Lipinski definition) is 2. The zero-order valence-electron chi connectivity index (χ0n) is 16.0. The Bertz CT molecular complexity index is 1040. The lowest BCUT2D eigenvalue weighted by molar-refractivity contribution is 0.558. The molecule has 138 valence electrons. The fourth-order valence-electron chi connectivity index (χ4n) is 3.58. The molecule has 0 fully saturated rings. The van der Waals surface area contributed by atoms with E-state index in [2.05, 4.69) is 15.8 Å². The second kappa shape index (κ2) is 6.89. The Hall–Kier alpha value is -2.11. The van der Waals surface area contributed by atoms with Crippen molar-refractivity contribution in [3.05, 3.63) is 64.3 Å². The molecule has 0 aliphatic carbocycles. The molecular formula is C21H26N2O2S. The summed E-state index contributed by atoms with van der Waals surface area (Å²) < 4.78 is 29.0. The van der Waals surface area contributed by atoms with Gasteiger partial charge in [0.2, 0.25) is 10.0 Å². The molecule has 2 aromatic carbocycles. The average Bonchev–Trinajstić information content (AvgIpc) is 2.95. The van der Waals surface area contributed by atoms with Crippen molar-refractivity contribution in [1.82, 2.24) is 9.71 Å². The molecule has 1 heterocycles. The summed E-state index contributed by atoms with van der Waals surface area (Å²) in [5, 5.41) is 1.14. The number of rotatable bonds is 5. The molecule has 4 nitrogen and oxygen atoms in total. The number of aryl methyl sites for hydroxylation is 2. The molecule has 0 bridgehead atoms. The number of fused-ring (bicyclic) bond motifs is 1. The van der Waals surface area contributed by atoms with E-state index < -0.39 is 10.0 Å². The Labute approximate surface area is 155 Å². The van der Waals surface area contributed by atoms with Crippen LogP contribution in [0.15, 0.2) is 41.4 Å². The summed E-state index contributed by atoms with van der Waals surface area (Å²) in [7, 11) is -3.58. The summed E-state index contributed by atoms with van der Waals surface area (Å²) in [6.07, 6.45) is 2.59. The molecule has 3 rings (SSSR count). The molecule has 0 radical (unpaired) electrons. The van der Waals surface area contributed by atoms with Crippen molar-refractivity contribution in [1.29, 1.82) is 0 Å². The van der Waals surface area contributed by atoms with E-state index >= 15 is 0 Å². The van der Waals surface area contributed by atoms with Crippen molar-refractivity contribution in [3.63, 3.8) is 0 Å². The molecule has 0 spiro atoms. The molecule has 1 atom stereocenters. The molecule has 0 aliphatic rings. The van der Waals surface area contributed by atoms with Gasteiger partial charge in [-0.15, -0.1) is 0 Å². The van der Waals surface area contributed by atoms with E-state index in [-0.39, 0.29) is 6.04 Å². The molecule has 1 unspecified atom stereocenters. The topological polar surface area (TPSA) is 62.0 Å². The van der Waals surface area contributed by atoms with Gasteiger partial charge in [0.25, 0.3) is 0 Å². The van der Waals surface area contributed by atoms with E-state index in [1.54, 1.807) is 0 Å². The number of nitrogens with one attached hydrogen (secondary N) is 2. The first kappa shape index (κ1) is 18.7. The SMILES string of the molecule is Cc1cc(C)c(C)c(S(=O)(=O)NC(C)Cc2c[nH]c3ccccc23)c1C. The average molecular weight is 371 g/mol. The molecule has 0 aliphatic heterocycles. The number of hydrogen-bond donors (Lipinski definition) is 2. The van der Waals surface area contributed by atoms with Crippen molar-refractivity contribution in [3.8, 4) is 0 Å². The fraction of sp³-hybridized carbons (Fsp3) is 0.333. The maximum absolute atomic E-state index is 13.1. The van der Waals surface area contributed by atoms with Crippen LogP contribution in [0.4, 0.5) is 0 Å². The Morgan fingerprint density at radius 2 is 1.65 bits per heavy atom. The summed E-state index contributed by atoms with van der Waals surface area (Å²) in [6, 6.07) is 9.89. The third kappa shape index (κ3) is 3.41. The summed E-state index contributed by atoms with van der Waals surface area (Å²) in [5.74, 6) is 0. The van der Waals surface area contributed by atoms with E-state index in [4.69, 9.17) is 0 Å². The lowest BCUT2D eigenvalue weighted by Gasteiger charge is -2.19. The van der Waals surface area contributed by atoms with E-state index in [9.17, 15) is 8.42 Å². The number of aromatic amines is 1. The van der Waals surface area contributed by atoms with Gasteiger partial charge in [-0.05, 0) is 74.9 Å². The van der Waals surface area contributed by atoms with Crippen molar-refractivity contribution < 1.29 is 8.42 Å². The van der Waals surface area contributed by atoms with Crippen LogP contribution >= 0.6 is 0 Å². The van der Waals surface area contributed by atoms with E-state index in [1.807, 2.05) is 65.1 Å². The lowest BCUT2D eigenvalue weighted by atomic mass is 10.0. The highest BCUT2D eigenvalue weighted by Gasteiger charge is 2.24. The standard InChI is InChI=1S/C21H26N2O2S/c1-13-10-14(2)17(5)21(16(13)4)26(24,25)23-15(3)11-18-12-22-20-9-7-6-8-19(18)20/h6-10,12,15,22-23H,11H2,1-5H3. The first-order valence-electron chi connectivity index (χ1n) is 8.85. The molecule has 26 heavy (non-hydrogen) atoms. The minimum absolute atomic E-state index is 0.209. The highest BCUT2D eigenvalue weighted by molar-refractivity contribution is 7.89. The highest BCUT2D eigenvalue weighted by Crippen LogP contribution is 2.26.